The fraction of sp³-hybridized carbons (Fsp3) is 0.214. The van der Waals surface area contributed by atoms with Crippen LogP contribution in [0.1, 0.15) is 39.8 Å². The number of methoxy groups -OCH3 is 1. The number of hydrogen-bond donors (Lipinski definition) is 2. The van der Waals surface area contributed by atoms with E-state index in [1.165, 1.54) is 12.1 Å². The van der Waals surface area contributed by atoms with E-state index in [1.807, 2.05) is 31.2 Å². The Hall–Kier alpha value is -4.57. The smallest absolute Gasteiger partial charge is 0.373 e. The van der Waals surface area contributed by atoms with Crippen LogP contribution in [0.25, 0.3) is 16.6 Å². The summed E-state index contributed by atoms with van der Waals surface area (Å²) in [4.78, 5) is 41.1. The minimum atomic E-state index is -1.70. The average molecular weight is 520 g/mol. The zero-order chi connectivity index (χ0) is 27.6. The van der Waals surface area contributed by atoms with Crippen molar-refractivity contribution < 1.29 is 33.4 Å². The number of nitrogens with zero attached hydrogens (tertiary/aromatic N) is 2. The van der Waals surface area contributed by atoms with E-state index in [0.717, 1.165) is 23.8 Å². The molecule has 0 aliphatic rings. The van der Waals surface area contributed by atoms with Crippen LogP contribution >= 0.6 is 0 Å². The molecule has 2 aromatic heterocycles. The van der Waals surface area contributed by atoms with Crippen molar-refractivity contribution in [3.63, 3.8) is 0 Å². The number of aromatic nitrogens is 2. The summed E-state index contributed by atoms with van der Waals surface area (Å²) in [6.45, 7) is 3.52. The van der Waals surface area contributed by atoms with Crippen molar-refractivity contribution in [3.8, 4) is 17.0 Å². The minimum Gasteiger partial charge on any atom is -0.477 e. The number of carboxylic acids is 1. The van der Waals surface area contributed by atoms with Crippen LogP contribution in [0.4, 0.5) is 4.39 Å². The summed E-state index contributed by atoms with van der Waals surface area (Å²) in [5.74, 6) is -4.04. The summed E-state index contributed by atoms with van der Waals surface area (Å²) in [5.41, 5.74) is 9.75. The van der Waals surface area contributed by atoms with Gasteiger partial charge >= 0.3 is 12.3 Å². The number of amides is 1. The van der Waals surface area contributed by atoms with Crippen molar-refractivity contribution in [2.24, 2.45) is 5.73 Å². The summed E-state index contributed by atoms with van der Waals surface area (Å²) in [5, 5.41) is 9.45. The van der Waals surface area contributed by atoms with Gasteiger partial charge in [0.05, 0.1) is 11.3 Å². The quantitative estimate of drug-likeness (QED) is 0.185. The molecule has 0 fully saturated rings. The maximum Gasteiger partial charge on any atom is 0.373 e. The number of aliphatic carboxylic acids is 1. The van der Waals surface area contributed by atoms with E-state index in [2.05, 4.69) is 4.98 Å². The van der Waals surface area contributed by atoms with Gasteiger partial charge in [-0.25, -0.2) is 14.2 Å². The number of rotatable bonds is 10. The fourth-order valence-electron chi connectivity index (χ4n) is 4.56. The largest absolute Gasteiger partial charge is 0.477 e. The third kappa shape index (κ3) is 4.98. The predicted molar refractivity (Wildman–Crippen MR) is 137 cm³/mol. The zero-order valence-electron chi connectivity index (χ0n) is 21.0. The van der Waals surface area contributed by atoms with Crippen LogP contribution in [0, 0.1) is 12.7 Å². The van der Waals surface area contributed by atoms with Gasteiger partial charge in [0.25, 0.3) is 11.7 Å². The first-order valence-electron chi connectivity index (χ1n) is 11.8. The maximum atomic E-state index is 13.6. The van der Waals surface area contributed by atoms with Gasteiger partial charge in [-0.1, -0.05) is 43.3 Å². The van der Waals surface area contributed by atoms with Crippen molar-refractivity contribution in [2.45, 2.75) is 33.0 Å². The molecule has 0 aliphatic heterocycles. The maximum absolute atomic E-state index is 13.6. The highest BCUT2D eigenvalue weighted by atomic mass is 19.1. The summed E-state index contributed by atoms with van der Waals surface area (Å²) in [6.07, 6.45) is 0.652. The highest BCUT2D eigenvalue weighted by Crippen LogP contribution is 2.35. The number of primary amides is 1. The molecule has 0 saturated carbocycles. The van der Waals surface area contributed by atoms with Gasteiger partial charge < -0.3 is 24.7 Å². The number of carbonyl (C=O) groups excluding carboxylic acids is 2. The first kappa shape index (κ1) is 26.5. The molecule has 1 amide bonds. The number of Topliss-reactive ketones (excluding diaryl/α,β-unsaturated/α-hetero) is 1. The molecule has 0 spiro atoms. The fourth-order valence-corrected chi connectivity index (χ4v) is 4.56. The van der Waals surface area contributed by atoms with E-state index >= 15 is 0 Å². The molecule has 196 valence electrons. The van der Waals surface area contributed by atoms with Crippen LogP contribution in [-0.4, -0.2) is 45.6 Å². The van der Waals surface area contributed by atoms with Crippen molar-refractivity contribution in [2.75, 3.05) is 7.11 Å². The van der Waals surface area contributed by atoms with Gasteiger partial charge in [-0.3, -0.25) is 9.59 Å². The molecule has 2 heterocycles. The summed E-state index contributed by atoms with van der Waals surface area (Å²) in [6, 6.07) is 13.7. The second-order valence-electron chi connectivity index (χ2n) is 8.62. The van der Waals surface area contributed by atoms with E-state index in [9.17, 15) is 23.9 Å². The first-order valence-corrected chi connectivity index (χ1v) is 11.8. The van der Waals surface area contributed by atoms with Crippen molar-refractivity contribution in [3.05, 3.63) is 88.6 Å². The Kier molecular flexibility index (Phi) is 7.54. The van der Waals surface area contributed by atoms with E-state index in [1.54, 1.807) is 29.7 Å². The molecule has 1 unspecified atom stereocenters. The number of ether oxygens (including phenoxy) is 2. The number of hydrogen-bond acceptors (Lipinski definition) is 6. The standard InChI is InChI=1S/C28H26FN3O6/c1-4-19-21(13-17-7-5-6-8-20(17)16-9-11-18(29)12-10-16)32-14-15(2)31-26(38-28(37-3)27(35)36)23(32)22(19)24(33)25(30)34/h5-12,14,28H,4,13H2,1-3H3,(H2,30,34)(H,35,36). The molecule has 0 bridgehead atoms. The first-order chi connectivity index (χ1) is 18.2. The lowest BCUT2D eigenvalue weighted by Gasteiger charge is -2.15. The molecule has 38 heavy (non-hydrogen) atoms. The van der Waals surface area contributed by atoms with Gasteiger partial charge in [-0.05, 0) is 47.7 Å². The lowest BCUT2D eigenvalue weighted by Crippen LogP contribution is -2.29. The van der Waals surface area contributed by atoms with Crippen LogP contribution < -0.4 is 10.5 Å². The summed E-state index contributed by atoms with van der Waals surface area (Å²) >= 11 is 0. The molecule has 3 N–H and O–H groups in total. The molecular formula is C28H26FN3O6. The van der Waals surface area contributed by atoms with Gasteiger partial charge in [0.1, 0.15) is 11.3 Å². The number of aryl methyl sites for hydroxylation is 1. The van der Waals surface area contributed by atoms with Crippen LogP contribution in [0.5, 0.6) is 5.88 Å². The Bertz CT molecular complexity index is 1540. The van der Waals surface area contributed by atoms with Crippen LogP contribution in [-0.2, 0) is 27.2 Å². The second-order valence-corrected chi connectivity index (χ2v) is 8.62. The lowest BCUT2D eigenvalue weighted by atomic mass is 9.94. The van der Waals surface area contributed by atoms with Crippen LogP contribution in [0.15, 0.2) is 54.7 Å². The predicted octanol–water partition coefficient (Wildman–Crippen LogP) is 3.71. The highest BCUT2D eigenvalue weighted by molar-refractivity contribution is 6.44. The summed E-state index contributed by atoms with van der Waals surface area (Å²) in [7, 11) is 1.16. The van der Waals surface area contributed by atoms with Crippen molar-refractivity contribution in [1.29, 1.82) is 0 Å². The van der Waals surface area contributed by atoms with Gasteiger partial charge in [0.15, 0.2) is 0 Å². The van der Waals surface area contributed by atoms with Crippen molar-refractivity contribution in [1.82, 2.24) is 9.38 Å². The number of carboxylic acid groups (broad SMARTS) is 1. The Morgan fingerprint density at radius 3 is 2.42 bits per heavy atom. The molecular weight excluding hydrogens is 493 g/mol. The molecule has 0 radical (unpaired) electrons. The molecule has 0 saturated heterocycles. The topological polar surface area (TPSA) is 133 Å². The second kappa shape index (κ2) is 10.8. The van der Waals surface area contributed by atoms with Crippen LogP contribution in [0.3, 0.4) is 0 Å². The number of carbonyl (C=O) groups is 3. The number of ketones is 1. The number of nitrogens with two attached hydrogens (primary N) is 1. The van der Waals surface area contributed by atoms with Crippen LogP contribution in [0.2, 0.25) is 0 Å². The normalized spacial score (nSPS) is 11.9. The monoisotopic (exact) mass is 519 g/mol. The Morgan fingerprint density at radius 1 is 1.13 bits per heavy atom. The molecule has 0 aliphatic carbocycles. The lowest BCUT2D eigenvalue weighted by molar-refractivity contribution is -0.166. The molecule has 9 nitrogen and oxygen atoms in total. The number of halogens is 1. The SMILES string of the molecule is CCc1c(C(=O)C(N)=O)c2c(OC(OC)C(=O)O)nc(C)cn2c1Cc1ccccc1-c1ccc(F)cc1. The van der Waals surface area contributed by atoms with Gasteiger partial charge in [-0.2, -0.15) is 0 Å². The average Bonchev–Trinajstić information content (AvgIpc) is 3.20. The molecule has 2 aromatic carbocycles. The molecule has 1 atom stereocenters. The Labute approximate surface area is 217 Å². The molecule has 4 aromatic rings. The van der Waals surface area contributed by atoms with E-state index in [-0.39, 0.29) is 22.8 Å². The van der Waals surface area contributed by atoms with E-state index < -0.39 is 23.9 Å². The number of benzene rings is 2. The molecule has 10 heteroatoms. The van der Waals surface area contributed by atoms with E-state index in [0.29, 0.717) is 29.8 Å². The third-order valence-electron chi connectivity index (χ3n) is 6.18. The van der Waals surface area contributed by atoms with Gasteiger partial charge in [0.2, 0.25) is 5.88 Å². The molecule has 4 rings (SSSR count). The highest BCUT2D eigenvalue weighted by Gasteiger charge is 2.31. The van der Waals surface area contributed by atoms with Gasteiger partial charge in [0, 0.05) is 25.4 Å². The Morgan fingerprint density at radius 2 is 1.82 bits per heavy atom. The third-order valence-corrected chi connectivity index (χ3v) is 6.18. The Balaban J connectivity index is 1.99. The number of fused-ring (bicyclic) bond motifs is 1. The van der Waals surface area contributed by atoms with Gasteiger partial charge in [-0.15, -0.1) is 0 Å². The summed E-state index contributed by atoms with van der Waals surface area (Å²) < 4.78 is 25.7. The van der Waals surface area contributed by atoms with Crippen molar-refractivity contribution >= 4 is 23.2 Å². The zero-order valence-corrected chi connectivity index (χ0v) is 21.0. The van der Waals surface area contributed by atoms with E-state index in [4.69, 9.17) is 15.2 Å². The minimum absolute atomic E-state index is 0.00277.